The number of carbonyl (C=O) groups is 3. The summed E-state index contributed by atoms with van der Waals surface area (Å²) in [5.74, 6) is 2.84. The molecule has 10 nitrogen and oxygen atoms in total. The molecular formula is C45H61N7O3. The van der Waals surface area contributed by atoms with Crippen LogP contribution in [0.5, 0.6) is 0 Å². The third-order valence-corrected chi connectivity index (χ3v) is 12.9. The van der Waals surface area contributed by atoms with Gasteiger partial charge in [-0.2, -0.15) is 0 Å². The Bertz CT molecular complexity index is 1650. The van der Waals surface area contributed by atoms with Crippen molar-refractivity contribution in [2.45, 2.75) is 89.1 Å². The number of anilines is 3. The first-order valence-corrected chi connectivity index (χ1v) is 20.8. The maximum absolute atomic E-state index is 14.4. The summed E-state index contributed by atoms with van der Waals surface area (Å²) in [7, 11) is 1.81. The van der Waals surface area contributed by atoms with Crippen LogP contribution in [0.4, 0.5) is 31.4 Å². The molecule has 2 atom stereocenters. The molecule has 1 heterocycles. The van der Waals surface area contributed by atoms with Gasteiger partial charge in [-0.05, 0) is 150 Å². The summed E-state index contributed by atoms with van der Waals surface area (Å²) < 4.78 is 0. The lowest BCUT2D eigenvalue weighted by Gasteiger charge is -2.57. The van der Waals surface area contributed by atoms with E-state index in [2.05, 4.69) is 26.2 Å². The number of hydrogen-bond donors (Lipinski definition) is 4. The van der Waals surface area contributed by atoms with E-state index in [1.807, 2.05) is 103 Å². The van der Waals surface area contributed by atoms with Gasteiger partial charge in [-0.15, -0.1) is 0 Å². The van der Waals surface area contributed by atoms with E-state index in [-0.39, 0.29) is 30.2 Å². The molecule has 3 aromatic carbocycles. The molecule has 5 aliphatic rings. The smallest absolute Gasteiger partial charge is 0.322 e. The number of amides is 6. The summed E-state index contributed by atoms with van der Waals surface area (Å²) in [6.45, 7) is 3.66. The number of benzene rings is 3. The maximum atomic E-state index is 14.4. The van der Waals surface area contributed by atoms with Gasteiger partial charge < -0.3 is 31.1 Å². The van der Waals surface area contributed by atoms with Gasteiger partial charge >= 0.3 is 18.1 Å². The summed E-state index contributed by atoms with van der Waals surface area (Å²) in [4.78, 5) is 46.8. The van der Waals surface area contributed by atoms with Crippen molar-refractivity contribution in [3.8, 4) is 0 Å². The lowest BCUT2D eigenvalue weighted by molar-refractivity contribution is -0.0616. The Hall–Kier alpha value is -4.57. The Morgan fingerprint density at radius 2 is 1.29 bits per heavy atom. The zero-order valence-electron chi connectivity index (χ0n) is 32.6. The van der Waals surface area contributed by atoms with Gasteiger partial charge in [0, 0.05) is 49.8 Å². The standard InChI is InChI=1S/C45H61N7O3/c1-50(43(54)48-38-16-7-3-8-17-38)23-12-11-20-40(32-46-42(53)47-37-14-5-2-6-15-37)52(44(55)49-39-18-9-4-10-19-39)33-41-21-13-24-51(41)25-22-45-29-34-26-35(30-45)28-36(27-34)31-45/h2-10,14-19,34-36,40-41H,11-13,20-33H2,1H3,(H,48,54)(H,49,55)(H2,46,47,53)/t34?,35?,36?,40-,41-,45?/m1/s1. The third kappa shape index (κ3) is 10.6. The van der Waals surface area contributed by atoms with Gasteiger partial charge in [-0.3, -0.25) is 4.90 Å². The highest BCUT2D eigenvalue weighted by Gasteiger charge is 2.50. The molecule has 294 valence electrons. The Labute approximate surface area is 327 Å². The highest BCUT2D eigenvalue weighted by Crippen LogP contribution is 2.61. The molecule has 4 aliphatic carbocycles. The van der Waals surface area contributed by atoms with Gasteiger partial charge in [0.1, 0.15) is 0 Å². The fourth-order valence-corrected chi connectivity index (χ4v) is 10.6. The summed E-state index contributed by atoms with van der Waals surface area (Å²) in [5, 5.41) is 12.2. The molecule has 0 unspecified atom stereocenters. The Morgan fingerprint density at radius 1 is 0.745 bits per heavy atom. The first-order chi connectivity index (χ1) is 26.8. The van der Waals surface area contributed by atoms with Crippen molar-refractivity contribution in [2.24, 2.45) is 23.2 Å². The van der Waals surface area contributed by atoms with Gasteiger partial charge in [0.05, 0.1) is 6.04 Å². The molecular weight excluding hydrogens is 687 g/mol. The fraction of sp³-hybridized carbons (Fsp3) is 0.533. The van der Waals surface area contributed by atoms with Crippen LogP contribution in [-0.2, 0) is 0 Å². The number of nitrogens with zero attached hydrogens (tertiary/aromatic N) is 3. The van der Waals surface area contributed by atoms with Crippen LogP contribution in [0.2, 0.25) is 0 Å². The van der Waals surface area contributed by atoms with Crippen molar-refractivity contribution in [3.63, 3.8) is 0 Å². The van der Waals surface area contributed by atoms with Crippen LogP contribution < -0.4 is 21.3 Å². The summed E-state index contributed by atoms with van der Waals surface area (Å²) in [5.41, 5.74) is 2.75. The molecule has 8 rings (SSSR count). The molecule has 6 amide bonds. The molecule has 4 bridgehead atoms. The van der Waals surface area contributed by atoms with Crippen LogP contribution in [-0.4, -0.2) is 84.6 Å². The van der Waals surface area contributed by atoms with Gasteiger partial charge in [0.2, 0.25) is 0 Å². The molecule has 0 spiro atoms. The second-order valence-corrected chi connectivity index (χ2v) is 17.0. The highest BCUT2D eigenvalue weighted by molar-refractivity contribution is 5.91. The van der Waals surface area contributed by atoms with Crippen LogP contribution in [0.3, 0.4) is 0 Å². The minimum atomic E-state index is -0.296. The van der Waals surface area contributed by atoms with Gasteiger partial charge in [0.15, 0.2) is 0 Å². The first-order valence-electron chi connectivity index (χ1n) is 20.8. The number of unbranched alkanes of at least 4 members (excludes halogenated alkanes) is 1. The van der Waals surface area contributed by atoms with E-state index >= 15 is 0 Å². The Morgan fingerprint density at radius 3 is 1.87 bits per heavy atom. The number of likely N-dealkylation sites (tertiary alicyclic amines) is 1. The number of nitrogens with one attached hydrogen (secondary N) is 4. The second kappa shape index (κ2) is 18.4. The fourth-order valence-electron chi connectivity index (χ4n) is 10.6. The third-order valence-electron chi connectivity index (χ3n) is 12.9. The van der Waals surface area contributed by atoms with Gasteiger partial charge in [-0.1, -0.05) is 54.6 Å². The van der Waals surface area contributed by atoms with Crippen LogP contribution in [0.1, 0.15) is 77.0 Å². The zero-order valence-corrected chi connectivity index (χ0v) is 32.6. The number of carbonyl (C=O) groups excluding carboxylic acids is 3. The molecule has 1 aliphatic heterocycles. The van der Waals surface area contributed by atoms with Crippen LogP contribution in [0.25, 0.3) is 0 Å². The summed E-state index contributed by atoms with van der Waals surface area (Å²) in [6, 6.07) is 28.0. The van der Waals surface area contributed by atoms with Crippen LogP contribution >= 0.6 is 0 Å². The lowest BCUT2D eigenvalue weighted by Crippen LogP contribution is -2.53. The normalized spacial score (nSPS) is 24.5. The predicted octanol–water partition coefficient (Wildman–Crippen LogP) is 9.12. The molecule has 10 heteroatoms. The van der Waals surface area contributed by atoms with Crippen molar-refractivity contribution >= 4 is 35.2 Å². The average Bonchev–Trinajstić information content (AvgIpc) is 3.63. The van der Waals surface area contributed by atoms with Crippen molar-refractivity contribution in [2.75, 3.05) is 55.7 Å². The van der Waals surface area contributed by atoms with E-state index < -0.39 is 0 Å². The number of rotatable bonds is 16. The SMILES string of the molecule is CN(CCCC[C@H](CNC(=O)Nc1ccccc1)N(C[C@H]1CCCN1CCC12CC3CC(CC(C3)C1)C2)C(=O)Nc1ccccc1)C(=O)Nc1ccccc1. The number of para-hydroxylation sites is 3. The summed E-state index contributed by atoms with van der Waals surface area (Å²) in [6.07, 6.45) is 14.4. The van der Waals surface area contributed by atoms with Crippen molar-refractivity contribution in [1.29, 1.82) is 0 Å². The highest BCUT2D eigenvalue weighted by atomic mass is 16.2. The van der Waals surface area contributed by atoms with E-state index in [4.69, 9.17) is 0 Å². The number of urea groups is 3. The topological polar surface area (TPSA) is 109 Å². The second-order valence-electron chi connectivity index (χ2n) is 17.0. The van der Waals surface area contributed by atoms with Gasteiger partial charge in [0.25, 0.3) is 0 Å². The zero-order chi connectivity index (χ0) is 38.0. The van der Waals surface area contributed by atoms with Crippen molar-refractivity contribution in [1.82, 2.24) is 20.0 Å². The van der Waals surface area contributed by atoms with E-state index in [0.29, 0.717) is 37.2 Å². The molecule has 55 heavy (non-hydrogen) atoms. The largest absolute Gasteiger partial charge is 0.336 e. The van der Waals surface area contributed by atoms with Crippen LogP contribution in [0.15, 0.2) is 91.0 Å². The molecule has 0 aromatic heterocycles. The molecule has 3 aromatic rings. The van der Waals surface area contributed by atoms with Crippen molar-refractivity contribution in [3.05, 3.63) is 91.0 Å². The molecule has 0 radical (unpaired) electrons. The van der Waals surface area contributed by atoms with Crippen molar-refractivity contribution < 1.29 is 14.4 Å². The molecule has 5 fully saturated rings. The molecule has 4 saturated carbocycles. The van der Waals surface area contributed by atoms with E-state index in [0.717, 1.165) is 67.9 Å². The van der Waals surface area contributed by atoms with E-state index in [9.17, 15) is 14.4 Å². The lowest BCUT2D eigenvalue weighted by atomic mass is 9.49. The summed E-state index contributed by atoms with van der Waals surface area (Å²) >= 11 is 0. The predicted molar refractivity (Wildman–Crippen MR) is 221 cm³/mol. The van der Waals surface area contributed by atoms with E-state index in [1.165, 1.54) is 44.9 Å². The maximum Gasteiger partial charge on any atom is 0.322 e. The number of hydrogen-bond acceptors (Lipinski definition) is 4. The van der Waals surface area contributed by atoms with E-state index in [1.54, 1.807) is 4.90 Å². The quantitative estimate of drug-likeness (QED) is 0.110. The monoisotopic (exact) mass is 747 g/mol. The van der Waals surface area contributed by atoms with Gasteiger partial charge in [-0.25, -0.2) is 14.4 Å². The Balaban J connectivity index is 1.03. The average molecular weight is 748 g/mol. The Kier molecular flexibility index (Phi) is 12.9. The molecule has 4 N–H and O–H groups in total. The first kappa shape index (κ1) is 38.7. The minimum absolute atomic E-state index is 0.145. The molecule has 1 saturated heterocycles. The minimum Gasteiger partial charge on any atom is -0.336 e. The van der Waals surface area contributed by atoms with Crippen LogP contribution in [0, 0.1) is 23.2 Å².